The lowest BCUT2D eigenvalue weighted by Crippen LogP contribution is -2.13. The van der Waals surface area contributed by atoms with Gasteiger partial charge < -0.3 is 14.4 Å². The first kappa shape index (κ1) is 10.2. The van der Waals surface area contributed by atoms with Gasteiger partial charge in [-0.3, -0.25) is 0 Å². The summed E-state index contributed by atoms with van der Waals surface area (Å²) >= 11 is 0. The lowest BCUT2D eigenvalue weighted by Gasteiger charge is -2.04. The summed E-state index contributed by atoms with van der Waals surface area (Å²) in [6.07, 6.45) is 4.41. The maximum atomic E-state index is 9.76. The van der Waals surface area contributed by atoms with Crippen LogP contribution in [0.15, 0.2) is 4.52 Å². The molecule has 88 valence electrons. The molecule has 1 saturated carbocycles. The van der Waals surface area contributed by atoms with Gasteiger partial charge in [0.1, 0.15) is 6.10 Å². The van der Waals surface area contributed by atoms with Crippen LogP contribution in [0.3, 0.4) is 0 Å². The van der Waals surface area contributed by atoms with Crippen LogP contribution < -0.4 is 0 Å². The highest BCUT2D eigenvalue weighted by atomic mass is 16.5. The van der Waals surface area contributed by atoms with E-state index in [1.54, 1.807) is 0 Å². The summed E-state index contributed by atoms with van der Waals surface area (Å²) in [7, 11) is 0. The Bertz CT molecular complexity index is 356. The average molecular weight is 224 g/mol. The van der Waals surface area contributed by atoms with Crippen molar-refractivity contribution in [1.29, 1.82) is 0 Å². The van der Waals surface area contributed by atoms with Crippen LogP contribution in [-0.2, 0) is 11.2 Å². The molecule has 1 aliphatic carbocycles. The fraction of sp³-hybridized carbons (Fsp3) is 0.818. The molecule has 1 N–H and O–H groups in total. The predicted molar refractivity (Wildman–Crippen MR) is 54.7 cm³/mol. The molecule has 5 heteroatoms. The Labute approximate surface area is 93.8 Å². The van der Waals surface area contributed by atoms with E-state index in [-0.39, 0.29) is 12.2 Å². The molecule has 2 unspecified atom stereocenters. The van der Waals surface area contributed by atoms with Gasteiger partial charge in [0.05, 0.1) is 12.5 Å². The molecule has 5 nitrogen and oxygen atoms in total. The summed E-state index contributed by atoms with van der Waals surface area (Å²) in [5, 5.41) is 13.7. The first-order valence-electron chi connectivity index (χ1n) is 5.95. The van der Waals surface area contributed by atoms with Crippen LogP contribution in [-0.4, -0.2) is 28.0 Å². The minimum atomic E-state index is -0.321. The van der Waals surface area contributed by atoms with Gasteiger partial charge in [-0.25, -0.2) is 0 Å². The summed E-state index contributed by atoms with van der Waals surface area (Å²) in [4.78, 5) is 4.28. The Kier molecular flexibility index (Phi) is 2.65. The molecule has 2 heterocycles. The number of ether oxygens (including phenoxy) is 1. The zero-order chi connectivity index (χ0) is 11.0. The number of aliphatic hydroxyl groups is 1. The second-order valence-electron chi connectivity index (χ2n) is 4.66. The second-order valence-corrected chi connectivity index (χ2v) is 4.66. The van der Waals surface area contributed by atoms with Gasteiger partial charge in [-0.15, -0.1) is 0 Å². The van der Waals surface area contributed by atoms with Crippen molar-refractivity contribution < 1.29 is 14.4 Å². The van der Waals surface area contributed by atoms with Gasteiger partial charge in [-0.05, 0) is 31.6 Å². The number of hydrogen-bond acceptors (Lipinski definition) is 5. The van der Waals surface area contributed by atoms with Gasteiger partial charge in [0, 0.05) is 6.61 Å². The van der Waals surface area contributed by atoms with Gasteiger partial charge in [0.25, 0.3) is 0 Å². The monoisotopic (exact) mass is 224 g/mol. The molecular weight excluding hydrogens is 208 g/mol. The van der Waals surface area contributed by atoms with Crippen molar-refractivity contribution in [1.82, 2.24) is 10.1 Å². The Hall–Kier alpha value is -0.940. The minimum absolute atomic E-state index is 0.00410. The molecule has 0 spiro atoms. The SMILES string of the molecule is OC(Cc1nc(C2CCCO2)no1)C1CC1. The quantitative estimate of drug-likeness (QED) is 0.833. The minimum Gasteiger partial charge on any atom is -0.392 e. The summed E-state index contributed by atoms with van der Waals surface area (Å²) in [6.45, 7) is 0.777. The van der Waals surface area contributed by atoms with Crippen molar-refractivity contribution in [2.45, 2.75) is 44.3 Å². The van der Waals surface area contributed by atoms with Crippen molar-refractivity contribution in [3.05, 3.63) is 11.7 Å². The third kappa shape index (κ3) is 2.10. The topological polar surface area (TPSA) is 68.4 Å². The zero-order valence-electron chi connectivity index (χ0n) is 9.13. The van der Waals surface area contributed by atoms with Crippen LogP contribution in [0.1, 0.15) is 43.5 Å². The number of nitrogens with zero attached hydrogens (tertiary/aromatic N) is 2. The fourth-order valence-electron chi connectivity index (χ4n) is 2.09. The Morgan fingerprint density at radius 2 is 2.25 bits per heavy atom. The summed E-state index contributed by atoms with van der Waals surface area (Å²) in [5.41, 5.74) is 0. The molecule has 0 bridgehead atoms. The summed E-state index contributed by atoms with van der Waals surface area (Å²) < 4.78 is 10.6. The molecular formula is C11H16N2O3. The molecule has 0 aromatic carbocycles. The molecule has 1 aromatic rings. The van der Waals surface area contributed by atoms with E-state index in [2.05, 4.69) is 10.1 Å². The van der Waals surface area contributed by atoms with E-state index in [1.165, 1.54) is 0 Å². The molecule has 2 fully saturated rings. The van der Waals surface area contributed by atoms with E-state index >= 15 is 0 Å². The molecule has 3 rings (SSSR count). The molecule has 2 aliphatic rings. The Morgan fingerprint density at radius 3 is 2.94 bits per heavy atom. The fourth-order valence-corrected chi connectivity index (χ4v) is 2.09. The Balaban J connectivity index is 1.62. The lowest BCUT2D eigenvalue weighted by molar-refractivity contribution is 0.103. The van der Waals surface area contributed by atoms with Crippen LogP contribution in [0.2, 0.25) is 0 Å². The zero-order valence-corrected chi connectivity index (χ0v) is 9.13. The maximum Gasteiger partial charge on any atom is 0.229 e. The number of hydrogen-bond donors (Lipinski definition) is 1. The number of rotatable bonds is 4. The number of aromatic nitrogens is 2. The van der Waals surface area contributed by atoms with E-state index in [4.69, 9.17) is 9.26 Å². The van der Waals surface area contributed by atoms with E-state index in [0.717, 1.165) is 32.3 Å². The highest BCUT2D eigenvalue weighted by Gasteiger charge is 2.31. The van der Waals surface area contributed by atoms with Crippen molar-refractivity contribution in [3.63, 3.8) is 0 Å². The molecule has 0 radical (unpaired) electrons. The molecule has 1 aromatic heterocycles. The third-order valence-electron chi connectivity index (χ3n) is 3.25. The smallest absolute Gasteiger partial charge is 0.229 e. The van der Waals surface area contributed by atoms with Crippen LogP contribution in [0.4, 0.5) is 0 Å². The first-order valence-corrected chi connectivity index (χ1v) is 5.95. The van der Waals surface area contributed by atoms with Gasteiger partial charge in [0.2, 0.25) is 11.7 Å². The van der Waals surface area contributed by atoms with Gasteiger partial charge in [-0.2, -0.15) is 4.98 Å². The first-order chi connectivity index (χ1) is 7.83. The largest absolute Gasteiger partial charge is 0.392 e. The Morgan fingerprint density at radius 1 is 1.38 bits per heavy atom. The molecule has 1 saturated heterocycles. The summed E-state index contributed by atoms with van der Waals surface area (Å²) in [6, 6.07) is 0. The second kappa shape index (κ2) is 4.14. The third-order valence-corrected chi connectivity index (χ3v) is 3.25. The summed E-state index contributed by atoms with van der Waals surface area (Å²) in [5.74, 6) is 1.61. The highest BCUT2D eigenvalue weighted by Crippen LogP contribution is 2.34. The van der Waals surface area contributed by atoms with Crippen molar-refractivity contribution in [2.24, 2.45) is 5.92 Å². The van der Waals surface area contributed by atoms with Crippen molar-refractivity contribution in [2.75, 3.05) is 6.61 Å². The molecule has 1 aliphatic heterocycles. The van der Waals surface area contributed by atoms with Crippen LogP contribution >= 0.6 is 0 Å². The van der Waals surface area contributed by atoms with E-state index in [9.17, 15) is 5.11 Å². The standard InChI is InChI=1S/C11H16N2O3/c14-8(7-3-4-7)6-10-12-11(13-16-10)9-2-1-5-15-9/h7-9,14H,1-6H2. The number of aliphatic hydroxyl groups excluding tert-OH is 1. The van der Waals surface area contributed by atoms with Crippen LogP contribution in [0.25, 0.3) is 0 Å². The molecule has 2 atom stereocenters. The van der Waals surface area contributed by atoms with Crippen LogP contribution in [0.5, 0.6) is 0 Å². The van der Waals surface area contributed by atoms with Gasteiger partial charge >= 0.3 is 0 Å². The lowest BCUT2D eigenvalue weighted by atomic mass is 10.1. The highest BCUT2D eigenvalue weighted by molar-refractivity contribution is 4.95. The van der Waals surface area contributed by atoms with E-state index < -0.39 is 0 Å². The van der Waals surface area contributed by atoms with Crippen molar-refractivity contribution >= 4 is 0 Å². The van der Waals surface area contributed by atoms with Crippen LogP contribution in [0, 0.1) is 5.92 Å². The van der Waals surface area contributed by atoms with Gasteiger partial charge in [-0.1, -0.05) is 5.16 Å². The molecule has 0 amide bonds. The molecule has 16 heavy (non-hydrogen) atoms. The van der Waals surface area contributed by atoms with Crippen molar-refractivity contribution in [3.8, 4) is 0 Å². The predicted octanol–water partition coefficient (Wildman–Crippen LogP) is 1.23. The van der Waals surface area contributed by atoms with E-state index in [0.29, 0.717) is 24.1 Å². The average Bonchev–Trinajstić information content (AvgIpc) is 2.80. The normalized spacial score (nSPS) is 27.2. The maximum absolute atomic E-state index is 9.76. The van der Waals surface area contributed by atoms with Gasteiger partial charge in [0.15, 0.2) is 0 Å². The van der Waals surface area contributed by atoms with E-state index in [1.807, 2.05) is 0 Å².